The number of thiazole rings is 1. The van der Waals surface area contributed by atoms with E-state index in [1.54, 1.807) is 16.3 Å². The molecule has 0 saturated heterocycles. The van der Waals surface area contributed by atoms with Crippen molar-refractivity contribution in [3.05, 3.63) is 51.7 Å². The van der Waals surface area contributed by atoms with Gasteiger partial charge in [0.1, 0.15) is 10.8 Å². The molecule has 0 saturated carbocycles. The Hall–Kier alpha value is -2.32. The number of carbonyl (C=O) groups is 2. The number of hydrogen-bond donors (Lipinski definition) is 0. The van der Waals surface area contributed by atoms with Crippen LogP contribution in [0.4, 0.5) is 4.39 Å². The van der Waals surface area contributed by atoms with Crippen molar-refractivity contribution in [1.82, 2.24) is 9.88 Å². The molecule has 0 radical (unpaired) electrons. The minimum Gasteiger partial charge on any atom is -0.464 e. The zero-order chi connectivity index (χ0) is 18.9. The third-order valence-corrected chi connectivity index (χ3v) is 4.39. The average Bonchev–Trinajstić information content (AvgIpc) is 3.11. The van der Waals surface area contributed by atoms with E-state index in [0.717, 1.165) is 0 Å². The van der Waals surface area contributed by atoms with E-state index >= 15 is 0 Å². The first kappa shape index (κ1) is 20.0. The molecule has 2 rings (SSSR count). The molecule has 0 N–H and O–H groups in total. The molecule has 1 heterocycles. The SMILES string of the molecule is CCOCCCN(Cc1nc(C(=O)OC)cs1)C(=O)c1cccc(F)c1. The van der Waals surface area contributed by atoms with Gasteiger partial charge >= 0.3 is 5.97 Å². The number of halogens is 1. The second-order valence-corrected chi connectivity index (χ2v) is 6.35. The zero-order valence-electron chi connectivity index (χ0n) is 14.7. The molecular weight excluding hydrogens is 359 g/mol. The van der Waals surface area contributed by atoms with Crippen LogP contribution in [0.5, 0.6) is 0 Å². The predicted octanol–water partition coefficient (Wildman–Crippen LogP) is 3.14. The summed E-state index contributed by atoms with van der Waals surface area (Å²) in [4.78, 5) is 30.1. The number of nitrogens with zero attached hydrogens (tertiary/aromatic N) is 2. The first-order chi connectivity index (χ1) is 12.5. The fourth-order valence-corrected chi connectivity index (χ4v) is 3.08. The van der Waals surface area contributed by atoms with Crippen molar-refractivity contribution in [2.45, 2.75) is 19.9 Å². The van der Waals surface area contributed by atoms with Crippen LogP contribution in [0.15, 0.2) is 29.6 Å². The molecule has 2 aromatic rings. The van der Waals surface area contributed by atoms with E-state index in [-0.39, 0.29) is 23.7 Å². The second kappa shape index (κ2) is 9.98. The van der Waals surface area contributed by atoms with Crippen LogP contribution < -0.4 is 0 Å². The fourth-order valence-electron chi connectivity index (χ4n) is 2.30. The van der Waals surface area contributed by atoms with Gasteiger partial charge in [-0.2, -0.15) is 0 Å². The maximum Gasteiger partial charge on any atom is 0.357 e. The van der Waals surface area contributed by atoms with Gasteiger partial charge in [-0.1, -0.05) is 6.07 Å². The van der Waals surface area contributed by atoms with E-state index in [0.29, 0.717) is 31.2 Å². The zero-order valence-corrected chi connectivity index (χ0v) is 15.6. The highest BCUT2D eigenvalue weighted by Crippen LogP contribution is 2.16. The molecule has 0 unspecified atom stereocenters. The van der Waals surface area contributed by atoms with E-state index < -0.39 is 11.8 Å². The minimum absolute atomic E-state index is 0.208. The van der Waals surface area contributed by atoms with Crippen LogP contribution >= 0.6 is 11.3 Å². The van der Waals surface area contributed by atoms with Crippen molar-refractivity contribution in [2.75, 3.05) is 26.9 Å². The van der Waals surface area contributed by atoms with Crippen LogP contribution in [0.25, 0.3) is 0 Å². The maximum atomic E-state index is 13.4. The Morgan fingerprint density at radius 3 is 2.85 bits per heavy atom. The van der Waals surface area contributed by atoms with E-state index in [1.165, 1.54) is 36.6 Å². The van der Waals surface area contributed by atoms with Crippen molar-refractivity contribution in [3.8, 4) is 0 Å². The number of methoxy groups -OCH3 is 1. The summed E-state index contributed by atoms with van der Waals surface area (Å²) < 4.78 is 23.4. The summed E-state index contributed by atoms with van der Waals surface area (Å²) in [5.41, 5.74) is 0.478. The number of benzene rings is 1. The van der Waals surface area contributed by atoms with Gasteiger partial charge < -0.3 is 14.4 Å². The number of aromatic nitrogens is 1. The number of amides is 1. The number of hydrogen-bond acceptors (Lipinski definition) is 6. The Morgan fingerprint density at radius 2 is 2.15 bits per heavy atom. The molecule has 0 fully saturated rings. The lowest BCUT2D eigenvalue weighted by molar-refractivity contribution is 0.0594. The molecule has 1 amide bonds. The summed E-state index contributed by atoms with van der Waals surface area (Å²) in [5, 5.41) is 2.19. The van der Waals surface area contributed by atoms with Gasteiger partial charge in [-0.05, 0) is 31.5 Å². The van der Waals surface area contributed by atoms with E-state index in [1.807, 2.05) is 6.92 Å². The highest BCUT2D eigenvalue weighted by Gasteiger charge is 2.19. The maximum absolute atomic E-state index is 13.4. The van der Waals surface area contributed by atoms with Crippen LogP contribution in [0.3, 0.4) is 0 Å². The van der Waals surface area contributed by atoms with E-state index in [2.05, 4.69) is 9.72 Å². The normalized spacial score (nSPS) is 10.6. The molecule has 0 aliphatic carbocycles. The lowest BCUT2D eigenvalue weighted by Gasteiger charge is -2.22. The number of rotatable bonds is 9. The Morgan fingerprint density at radius 1 is 1.35 bits per heavy atom. The molecule has 1 aromatic carbocycles. The van der Waals surface area contributed by atoms with Crippen molar-refractivity contribution in [2.24, 2.45) is 0 Å². The van der Waals surface area contributed by atoms with Gasteiger partial charge in [0.05, 0.1) is 13.7 Å². The standard InChI is InChI=1S/C18H21FN2O4S/c1-3-25-9-5-8-21(17(22)13-6-4-7-14(19)10-13)11-16-20-15(12-26-16)18(23)24-2/h4,6-7,10,12H,3,5,8-9,11H2,1-2H3. The molecule has 6 nitrogen and oxygen atoms in total. The minimum atomic E-state index is -0.521. The monoisotopic (exact) mass is 380 g/mol. The van der Waals surface area contributed by atoms with Crippen LogP contribution in [-0.2, 0) is 16.0 Å². The van der Waals surface area contributed by atoms with Gasteiger partial charge in [0.25, 0.3) is 5.91 Å². The van der Waals surface area contributed by atoms with Gasteiger partial charge in [0, 0.05) is 30.7 Å². The van der Waals surface area contributed by atoms with Gasteiger partial charge in [0.2, 0.25) is 0 Å². The van der Waals surface area contributed by atoms with Gasteiger partial charge in [-0.15, -0.1) is 11.3 Å². The lowest BCUT2D eigenvalue weighted by Crippen LogP contribution is -2.32. The molecule has 1 aromatic heterocycles. The molecule has 0 aliphatic heterocycles. The van der Waals surface area contributed by atoms with Gasteiger partial charge in [0.15, 0.2) is 5.69 Å². The summed E-state index contributed by atoms with van der Waals surface area (Å²) >= 11 is 1.27. The summed E-state index contributed by atoms with van der Waals surface area (Å²) in [7, 11) is 1.29. The highest BCUT2D eigenvalue weighted by molar-refractivity contribution is 7.09. The van der Waals surface area contributed by atoms with Crippen LogP contribution in [0.2, 0.25) is 0 Å². The topological polar surface area (TPSA) is 68.7 Å². The predicted molar refractivity (Wildman–Crippen MR) is 95.7 cm³/mol. The van der Waals surface area contributed by atoms with Crippen LogP contribution in [0.1, 0.15) is 39.2 Å². The molecular formula is C18H21FN2O4S. The fraction of sp³-hybridized carbons (Fsp3) is 0.389. The molecule has 0 aliphatic rings. The van der Waals surface area contributed by atoms with Gasteiger partial charge in [-0.25, -0.2) is 14.2 Å². The summed E-state index contributed by atoms with van der Waals surface area (Å²) in [6.07, 6.45) is 0.643. The van der Waals surface area contributed by atoms with Crippen LogP contribution in [0, 0.1) is 5.82 Å². The molecule has 0 spiro atoms. The lowest BCUT2D eigenvalue weighted by atomic mass is 10.2. The quantitative estimate of drug-likeness (QED) is 0.494. The Kier molecular flexibility index (Phi) is 7.68. The highest BCUT2D eigenvalue weighted by atomic mass is 32.1. The van der Waals surface area contributed by atoms with Gasteiger partial charge in [-0.3, -0.25) is 4.79 Å². The number of carbonyl (C=O) groups excluding carboxylic acids is 2. The molecule has 26 heavy (non-hydrogen) atoms. The summed E-state index contributed by atoms with van der Waals surface area (Å²) in [5.74, 6) is -1.28. The first-order valence-corrected chi connectivity index (χ1v) is 9.08. The average molecular weight is 380 g/mol. The van der Waals surface area contributed by atoms with E-state index in [9.17, 15) is 14.0 Å². The Labute approximate surface area is 155 Å². The Bertz CT molecular complexity index is 750. The second-order valence-electron chi connectivity index (χ2n) is 5.41. The van der Waals surface area contributed by atoms with Crippen molar-refractivity contribution in [1.29, 1.82) is 0 Å². The van der Waals surface area contributed by atoms with Crippen molar-refractivity contribution < 1.29 is 23.5 Å². The molecule has 8 heteroatoms. The molecule has 0 atom stereocenters. The number of esters is 1. The largest absolute Gasteiger partial charge is 0.464 e. The first-order valence-electron chi connectivity index (χ1n) is 8.20. The van der Waals surface area contributed by atoms with Crippen LogP contribution in [-0.4, -0.2) is 48.6 Å². The smallest absolute Gasteiger partial charge is 0.357 e. The number of ether oxygens (including phenoxy) is 2. The third-order valence-electron chi connectivity index (χ3n) is 3.55. The third kappa shape index (κ3) is 5.60. The van der Waals surface area contributed by atoms with Crippen molar-refractivity contribution in [3.63, 3.8) is 0 Å². The molecule has 140 valence electrons. The molecule has 0 bridgehead atoms. The summed E-state index contributed by atoms with van der Waals surface area (Å²) in [6, 6.07) is 5.57. The van der Waals surface area contributed by atoms with E-state index in [4.69, 9.17) is 4.74 Å². The summed E-state index contributed by atoms with van der Waals surface area (Å²) in [6.45, 7) is 3.69. The van der Waals surface area contributed by atoms with Crippen molar-refractivity contribution >= 4 is 23.2 Å². The Balaban J connectivity index is 2.13.